The van der Waals surface area contributed by atoms with Crippen molar-refractivity contribution in [3.05, 3.63) is 59.7 Å². The molecule has 27 heavy (non-hydrogen) atoms. The van der Waals surface area contributed by atoms with Crippen molar-refractivity contribution >= 4 is 24.4 Å². The second-order valence-electron chi connectivity index (χ2n) is 4.84. The summed E-state index contributed by atoms with van der Waals surface area (Å²) in [4.78, 5) is 27.4. The van der Waals surface area contributed by atoms with Gasteiger partial charge in [0, 0.05) is 43.0 Å². The van der Waals surface area contributed by atoms with Gasteiger partial charge in [0.05, 0.1) is 0 Å². The van der Waals surface area contributed by atoms with Gasteiger partial charge in [-0.25, -0.2) is 0 Å². The van der Waals surface area contributed by atoms with Crippen molar-refractivity contribution in [2.24, 2.45) is 9.98 Å². The molecule has 8 nitrogen and oxygen atoms in total. The smallest absolute Gasteiger partial charge is 0.325 e. The molecule has 0 fully saturated rings. The summed E-state index contributed by atoms with van der Waals surface area (Å²) in [7, 11) is 0. The Morgan fingerprint density at radius 1 is 0.741 bits per heavy atom. The van der Waals surface area contributed by atoms with Gasteiger partial charge in [-0.2, -0.15) is 0 Å². The van der Waals surface area contributed by atoms with Crippen LogP contribution in [0.3, 0.4) is 0 Å². The van der Waals surface area contributed by atoms with Crippen molar-refractivity contribution in [2.45, 2.75) is 0 Å². The second-order valence-corrected chi connectivity index (χ2v) is 4.84. The number of rotatable bonds is 6. The van der Waals surface area contributed by atoms with Crippen molar-refractivity contribution in [1.82, 2.24) is 0 Å². The molecule has 4 N–H and O–H groups in total. The number of aliphatic imine (C=N–C) groups is 2. The van der Waals surface area contributed by atoms with Gasteiger partial charge in [0.25, 0.3) is 0 Å². The van der Waals surface area contributed by atoms with Crippen LogP contribution < -0.4 is 0 Å². The molecular formula is C18H18N2O6Zn. The SMILES string of the molecule is O=C(O)CN=Cc1ccccc1O.O=C(O)CN=Cc1ccccc1O.[Zn]. The number of nitrogens with zero attached hydrogens (tertiary/aromatic N) is 2. The maximum atomic E-state index is 10.1. The molecule has 2 aromatic carbocycles. The third kappa shape index (κ3) is 10.5. The molecule has 138 valence electrons. The number of phenolic OH excluding ortho intramolecular Hbond substituents is 2. The fourth-order valence-corrected chi connectivity index (χ4v) is 1.64. The van der Waals surface area contributed by atoms with Crippen molar-refractivity contribution in [2.75, 3.05) is 13.1 Å². The Morgan fingerprint density at radius 2 is 1.07 bits per heavy atom. The molecule has 9 heteroatoms. The normalized spacial score (nSPS) is 10.1. The van der Waals surface area contributed by atoms with Crippen LogP contribution in [0, 0.1) is 0 Å². The van der Waals surface area contributed by atoms with E-state index in [-0.39, 0.29) is 44.1 Å². The molecular weight excluding hydrogens is 406 g/mol. The van der Waals surface area contributed by atoms with E-state index in [4.69, 9.17) is 10.2 Å². The molecule has 0 radical (unpaired) electrons. The van der Waals surface area contributed by atoms with Crippen LogP contribution in [0.4, 0.5) is 0 Å². The van der Waals surface area contributed by atoms with Gasteiger partial charge in [0.15, 0.2) is 0 Å². The topological polar surface area (TPSA) is 140 Å². The monoisotopic (exact) mass is 422 g/mol. The second kappa shape index (κ2) is 13.2. The summed E-state index contributed by atoms with van der Waals surface area (Å²) in [6, 6.07) is 13.2. The summed E-state index contributed by atoms with van der Waals surface area (Å²) in [6.45, 7) is -0.567. The van der Waals surface area contributed by atoms with Gasteiger partial charge in [-0.1, -0.05) is 24.3 Å². The maximum Gasteiger partial charge on any atom is 0.325 e. The van der Waals surface area contributed by atoms with E-state index in [2.05, 4.69) is 9.98 Å². The van der Waals surface area contributed by atoms with Crippen LogP contribution in [0.5, 0.6) is 11.5 Å². The van der Waals surface area contributed by atoms with Gasteiger partial charge in [0.2, 0.25) is 0 Å². The molecule has 0 aliphatic rings. The number of phenols is 2. The zero-order valence-electron chi connectivity index (χ0n) is 14.4. The zero-order chi connectivity index (χ0) is 19.4. The first-order valence-electron chi connectivity index (χ1n) is 7.39. The van der Waals surface area contributed by atoms with E-state index >= 15 is 0 Å². The van der Waals surface area contributed by atoms with Crippen molar-refractivity contribution in [3.8, 4) is 11.5 Å². The van der Waals surface area contributed by atoms with Gasteiger partial charge in [0.1, 0.15) is 24.6 Å². The first-order valence-corrected chi connectivity index (χ1v) is 7.39. The van der Waals surface area contributed by atoms with E-state index in [0.717, 1.165) is 0 Å². The molecule has 0 aromatic heterocycles. The van der Waals surface area contributed by atoms with Gasteiger partial charge in [-0.15, -0.1) is 0 Å². The Morgan fingerprint density at radius 3 is 1.37 bits per heavy atom. The summed E-state index contributed by atoms with van der Waals surface area (Å²) >= 11 is 0. The molecule has 0 aliphatic heterocycles. The number of hydrogen-bond acceptors (Lipinski definition) is 6. The molecule has 0 atom stereocenters. The molecule has 0 heterocycles. The number of aromatic hydroxyl groups is 2. The van der Waals surface area contributed by atoms with Crippen LogP contribution in [-0.4, -0.2) is 57.9 Å². The molecule has 0 amide bonds. The Hall–Kier alpha value is -3.06. The minimum absolute atomic E-state index is 0. The standard InChI is InChI=1S/2C9H9NO3.Zn/c2*11-8-4-2-1-3-7(8)5-10-6-9(12)13;/h2*1-5,11H,6H2,(H,12,13);. The summed E-state index contributed by atoms with van der Waals surface area (Å²) < 4.78 is 0. The average molecular weight is 424 g/mol. The third-order valence-electron chi connectivity index (χ3n) is 2.79. The Labute approximate surface area is 168 Å². The third-order valence-corrected chi connectivity index (χ3v) is 2.79. The summed E-state index contributed by atoms with van der Waals surface area (Å²) in [5.74, 6) is -1.80. The number of benzene rings is 2. The molecule has 0 bridgehead atoms. The van der Waals surface area contributed by atoms with Gasteiger partial charge in [-0.3, -0.25) is 19.6 Å². The van der Waals surface area contributed by atoms with E-state index in [1.807, 2.05) is 0 Å². The van der Waals surface area contributed by atoms with Crippen LogP contribution in [0.1, 0.15) is 11.1 Å². The first kappa shape index (κ1) is 23.9. The molecule has 0 spiro atoms. The largest absolute Gasteiger partial charge is 0.507 e. The fourth-order valence-electron chi connectivity index (χ4n) is 1.64. The number of hydrogen-bond donors (Lipinski definition) is 4. The van der Waals surface area contributed by atoms with E-state index in [9.17, 15) is 19.8 Å². The molecule has 0 aliphatic carbocycles. The number of para-hydroxylation sites is 2. The quantitative estimate of drug-likeness (QED) is 0.412. The van der Waals surface area contributed by atoms with Crippen LogP contribution in [-0.2, 0) is 29.1 Å². The van der Waals surface area contributed by atoms with Crippen molar-refractivity contribution in [3.63, 3.8) is 0 Å². The fraction of sp³-hybridized carbons (Fsp3) is 0.111. The molecule has 2 aromatic rings. The van der Waals surface area contributed by atoms with Crippen LogP contribution >= 0.6 is 0 Å². The maximum absolute atomic E-state index is 10.1. The minimum atomic E-state index is -0.994. The van der Waals surface area contributed by atoms with Crippen molar-refractivity contribution in [1.29, 1.82) is 0 Å². The predicted octanol–water partition coefficient (Wildman–Crippen LogP) is 1.79. The predicted molar refractivity (Wildman–Crippen MR) is 96.4 cm³/mol. The Kier molecular flexibility index (Phi) is 11.7. The van der Waals surface area contributed by atoms with E-state index in [1.54, 1.807) is 36.4 Å². The minimum Gasteiger partial charge on any atom is -0.507 e. The molecule has 0 saturated carbocycles. The van der Waals surface area contributed by atoms with Crippen LogP contribution in [0.2, 0.25) is 0 Å². The van der Waals surface area contributed by atoms with E-state index in [0.29, 0.717) is 11.1 Å². The summed E-state index contributed by atoms with van der Waals surface area (Å²) in [5.41, 5.74) is 1.03. The average Bonchev–Trinajstić information content (AvgIpc) is 2.58. The summed E-state index contributed by atoms with van der Waals surface area (Å²) in [6.07, 6.45) is 2.67. The number of aliphatic carboxylic acids is 2. The van der Waals surface area contributed by atoms with E-state index < -0.39 is 11.9 Å². The van der Waals surface area contributed by atoms with Crippen LogP contribution in [0.25, 0.3) is 0 Å². The molecule has 0 saturated heterocycles. The van der Waals surface area contributed by atoms with Crippen LogP contribution in [0.15, 0.2) is 58.5 Å². The summed E-state index contributed by atoms with van der Waals surface area (Å²) in [5, 5.41) is 35.0. The van der Waals surface area contributed by atoms with E-state index in [1.165, 1.54) is 24.6 Å². The molecule has 2 rings (SSSR count). The van der Waals surface area contributed by atoms with Gasteiger partial charge >= 0.3 is 11.9 Å². The van der Waals surface area contributed by atoms with Gasteiger partial charge < -0.3 is 20.4 Å². The Balaban J connectivity index is 0.000000483. The van der Waals surface area contributed by atoms with Crippen molar-refractivity contribution < 1.29 is 49.5 Å². The number of carboxylic acid groups (broad SMARTS) is 2. The number of carbonyl (C=O) groups is 2. The molecule has 0 unspecified atom stereocenters. The Bertz CT molecular complexity index is 740. The number of carboxylic acids is 2. The van der Waals surface area contributed by atoms with Gasteiger partial charge in [-0.05, 0) is 24.3 Å². The first-order chi connectivity index (χ1) is 12.4. The zero-order valence-corrected chi connectivity index (χ0v) is 17.4.